The van der Waals surface area contributed by atoms with Gasteiger partial charge in [0.15, 0.2) is 0 Å². The molecule has 1 atom stereocenters. The van der Waals surface area contributed by atoms with Gasteiger partial charge in [-0.05, 0) is 32.1 Å². The quantitative estimate of drug-likeness (QED) is 0.479. The van der Waals surface area contributed by atoms with Gasteiger partial charge in [0, 0.05) is 0 Å². The highest BCUT2D eigenvalue weighted by Crippen LogP contribution is 2.14. The van der Waals surface area contributed by atoms with Gasteiger partial charge < -0.3 is 0 Å². The van der Waals surface area contributed by atoms with Crippen LogP contribution in [0.25, 0.3) is 0 Å². The predicted molar refractivity (Wildman–Crippen MR) is 45.9 cm³/mol. The first-order chi connectivity index (χ1) is 4.79. The molecule has 0 spiro atoms. The van der Waals surface area contributed by atoms with Crippen LogP contribution in [0.5, 0.6) is 0 Å². The van der Waals surface area contributed by atoms with Crippen LogP contribution >= 0.6 is 0 Å². The van der Waals surface area contributed by atoms with E-state index in [1.807, 2.05) is 0 Å². The third kappa shape index (κ3) is 2.38. The van der Waals surface area contributed by atoms with Gasteiger partial charge in [-0.2, -0.15) is 0 Å². The fourth-order valence-electron chi connectivity index (χ4n) is 1.25. The normalized spacial score (nSPS) is 35.4. The highest BCUT2D eigenvalue weighted by molar-refractivity contribution is 5.17. The molecule has 1 aliphatic rings. The molecular weight excluding hydrogens is 120 g/mol. The second-order valence-electron chi connectivity index (χ2n) is 3.22. The van der Waals surface area contributed by atoms with E-state index in [1.54, 1.807) is 0 Å². The first-order valence-corrected chi connectivity index (χ1v) is 4.14. The Morgan fingerprint density at radius 2 is 2.30 bits per heavy atom. The molecule has 0 heteroatoms. The zero-order chi connectivity index (χ0) is 7.40. The number of hydrogen-bond acceptors (Lipinski definition) is 0. The van der Waals surface area contributed by atoms with E-state index in [2.05, 4.69) is 32.1 Å². The Morgan fingerprint density at radius 1 is 1.50 bits per heavy atom. The van der Waals surface area contributed by atoms with E-state index in [4.69, 9.17) is 0 Å². The monoisotopic (exact) mass is 136 g/mol. The summed E-state index contributed by atoms with van der Waals surface area (Å²) in [6.45, 7) is 4.46. The second kappa shape index (κ2) is 3.60. The Hall–Kier alpha value is -0.520. The average molecular weight is 136 g/mol. The van der Waals surface area contributed by atoms with Crippen LogP contribution in [0.3, 0.4) is 0 Å². The summed E-state index contributed by atoms with van der Waals surface area (Å²) in [4.78, 5) is 0. The van der Waals surface area contributed by atoms with E-state index in [1.165, 1.54) is 24.8 Å². The third-order valence-electron chi connectivity index (χ3n) is 2.02. The molecule has 0 bridgehead atoms. The Balaban J connectivity index is 2.57. The minimum Gasteiger partial charge on any atom is -0.0816 e. The molecule has 10 heavy (non-hydrogen) atoms. The summed E-state index contributed by atoms with van der Waals surface area (Å²) in [5, 5.41) is 0. The van der Waals surface area contributed by atoms with Crippen LogP contribution in [0.15, 0.2) is 23.8 Å². The maximum absolute atomic E-state index is 2.32. The molecule has 0 aromatic heterocycles. The van der Waals surface area contributed by atoms with Gasteiger partial charge in [-0.15, -0.1) is 0 Å². The lowest BCUT2D eigenvalue weighted by Gasteiger charge is -2.07. The predicted octanol–water partition coefficient (Wildman–Crippen LogP) is 3.31. The second-order valence-corrected chi connectivity index (χ2v) is 3.22. The zero-order valence-corrected chi connectivity index (χ0v) is 6.93. The van der Waals surface area contributed by atoms with E-state index in [0.717, 1.165) is 5.92 Å². The van der Waals surface area contributed by atoms with Crippen LogP contribution in [0, 0.1) is 5.92 Å². The molecule has 0 fully saturated rings. The van der Waals surface area contributed by atoms with Crippen molar-refractivity contribution >= 4 is 0 Å². The molecule has 0 nitrogen and oxygen atoms in total. The van der Waals surface area contributed by atoms with Gasteiger partial charge >= 0.3 is 0 Å². The van der Waals surface area contributed by atoms with Gasteiger partial charge in [-0.3, -0.25) is 0 Å². The summed E-state index contributed by atoms with van der Waals surface area (Å²) in [5.74, 6) is 0.781. The molecule has 1 rings (SSSR count). The van der Waals surface area contributed by atoms with E-state index < -0.39 is 0 Å². The maximum Gasteiger partial charge on any atom is -0.0259 e. The lowest BCUT2D eigenvalue weighted by molar-refractivity contribution is 0.607. The summed E-state index contributed by atoms with van der Waals surface area (Å²) in [5.41, 5.74) is 1.42. The Morgan fingerprint density at radius 3 is 3.10 bits per heavy atom. The first-order valence-electron chi connectivity index (χ1n) is 4.14. The van der Waals surface area contributed by atoms with Crippen LogP contribution in [0.1, 0.15) is 33.1 Å². The summed E-state index contributed by atoms with van der Waals surface area (Å²) in [6, 6.07) is 0. The fourth-order valence-corrected chi connectivity index (χ4v) is 1.25. The summed E-state index contributed by atoms with van der Waals surface area (Å²) >= 11 is 0. The fraction of sp³-hybridized carbons (Fsp3) is 0.600. The van der Waals surface area contributed by atoms with Crippen molar-refractivity contribution in [2.45, 2.75) is 33.1 Å². The van der Waals surface area contributed by atoms with Crippen LogP contribution in [0.2, 0.25) is 0 Å². The van der Waals surface area contributed by atoms with Gasteiger partial charge in [-0.25, -0.2) is 0 Å². The van der Waals surface area contributed by atoms with Crippen molar-refractivity contribution in [3.63, 3.8) is 0 Å². The number of hydrogen-bond donors (Lipinski definition) is 0. The lowest BCUT2D eigenvalue weighted by Crippen LogP contribution is -1.91. The van der Waals surface area contributed by atoms with Gasteiger partial charge in [0.1, 0.15) is 0 Å². The van der Waals surface area contributed by atoms with Crippen LogP contribution < -0.4 is 0 Å². The standard InChI is InChI=1S/C10H16/c1-9-5-3-4-6-10(2)8-7-9/h5,7-8,10H,3-4,6H2,1-2H3/b8-7-,9-5-. The van der Waals surface area contributed by atoms with Crippen molar-refractivity contribution < 1.29 is 0 Å². The van der Waals surface area contributed by atoms with Gasteiger partial charge in [-0.1, -0.05) is 30.7 Å². The van der Waals surface area contributed by atoms with Gasteiger partial charge in [0.05, 0.1) is 0 Å². The zero-order valence-electron chi connectivity index (χ0n) is 6.93. The first kappa shape index (κ1) is 7.59. The van der Waals surface area contributed by atoms with E-state index >= 15 is 0 Å². The molecule has 0 amide bonds. The summed E-state index contributed by atoms with van der Waals surface area (Å²) < 4.78 is 0. The van der Waals surface area contributed by atoms with Gasteiger partial charge in [0.25, 0.3) is 0 Å². The molecule has 1 unspecified atom stereocenters. The minimum absolute atomic E-state index is 0.781. The maximum atomic E-state index is 2.32. The molecule has 0 heterocycles. The molecule has 0 aromatic carbocycles. The molecule has 0 aliphatic heterocycles. The molecule has 0 saturated heterocycles. The Kier molecular flexibility index (Phi) is 2.73. The van der Waals surface area contributed by atoms with Crippen LogP contribution in [0.4, 0.5) is 0 Å². The molecule has 0 aromatic rings. The largest absolute Gasteiger partial charge is 0.0816 e. The van der Waals surface area contributed by atoms with Crippen molar-refractivity contribution in [2.24, 2.45) is 5.92 Å². The molecule has 0 N–H and O–H groups in total. The topological polar surface area (TPSA) is 0 Å². The van der Waals surface area contributed by atoms with Gasteiger partial charge in [0.2, 0.25) is 0 Å². The van der Waals surface area contributed by atoms with E-state index in [9.17, 15) is 0 Å². The molecule has 0 saturated carbocycles. The summed E-state index contributed by atoms with van der Waals surface area (Å²) in [6.07, 6.45) is 10.8. The molecular formula is C10H16. The average Bonchev–Trinajstić information content (AvgIpc) is 1.90. The third-order valence-corrected chi connectivity index (χ3v) is 2.02. The van der Waals surface area contributed by atoms with E-state index in [-0.39, 0.29) is 0 Å². The lowest BCUT2D eigenvalue weighted by atomic mass is 9.99. The van der Waals surface area contributed by atoms with Crippen molar-refractivity contribution in [1.82, 2.24) is 0 Å². The SMILES string of the molecule is CC1=C/CCCC(C)/C=C\1. The van der Waals surface area contributed by atoms with Crippen molar-refractivity contribution in [1.29, 1.82) is 0 Å². The van der Waals surface area contributed by atoms with Crippen molar-refractivity contribution in [3.8, 4) is 0 Å². The Labute approximate surface area is 63.6 Å². The number of allylic oxidation sites excluding steroid dienone is 4. The highest BCUT2D eigenvalue weighted by Gasteiger charge is 1.98. The minimum atomic E-state index is 0.781. The van der Waals surface area contributed by atoms with E-state index in [0.29, 0.717) is 0 Å². The molecule has 56 valence electrons. The molecule has 1 aliphatic carbocycles. The van der Waals surface area contributed by atoms with Crippen molar-refractivity contribution in [2.75, 3.05) is 0 Å². The van der Waals surface area contributed by atoms with Crippen LogP contribution in [-0.4, -0.2) is 0 Å². The van der Waals surface area contributed by atoms with Crippen LogP contribution in [-0.2, 0) is 0 Å². The van der Waals surface area contributed by atoms with Crippen molar-refractivity contribution in [3.05, 3.63) is 23.8 Å². The number of rotatable bonds is 0. The Bertz CT molecular complexity index is 151. The molecule has 0 radical (unpaired) electrons. The summed E-state index contributed by atoms with van der Waals surface area (Å²) in [7, 11) is 0. The highest BCUT2D eigenvalue weighted by atomic mass is 14.0. The smallest absolute Gasteiger partial charge is 0.0259 e.